The van der Waals surface area contributed by atoms with Crippen molar-refractivity contribution < 1.29 is 0 Å². The molecule has 0 unspecified atom stereocenters. The number of aromatic nitrogens is 2. The molecule has 1 aromatic heterocycles. The topological polar surface area (TPSA) is 25.8 Å². The number of benzene rings is 1. The number of nitrogens with zero attached hydrogens (tertiary/aromatic N) is 2. The first-order valence-corrected chi connectivity index (χ1v) is 8.68. The second kappa shape index (κ2) is 7.06. The molecule has 19 heavy (non-hydrogen) atoms. The maximum Gasteiger partial charge on any atom is 0.159 e. The fraction of sp³-hybridized carbons (Fsp3) is 0.333. The number of hydrogen-bond acceptors (Lipinski definition) is 3. The lowest BCUT2D eigenvalue weighted by Crippen LogP contribution is -2.00. The molecule has 0 saturated carbocycles. The Morgan fingerprint density at radius 1 is 1.21 bits per heavy atom. The fourth-order valence-corrected chi connectivity index (χ4v) is 2.76. The van der Waals surface area contributed by atoms with E-state index in [0.29, 0.717) is 0 Å². The molecule has 2 rings (SSSR count). The quantitative estimate of drug-likeness (QED) is 0.584. The molecule has 0 atom stereocenters. The Balaban J connectivity index is 2.35. The van der Waals surface area contributed by atoms with Crippen LogP contribution in [-0.4, -0.2) is 16.2 Å². The van der Waals surface area contributed by atoms with E-state index in [1.165, 1.54) is 10.5 Å². The van der Waals surface area contributed by atoms with Gasteiger partial charge in [0.2, 0.25) is 0 Å². The summed E-state index contributed by atoms with van der Waals surface area (Å²) >= 11 is 5.24. The van der Waals surface area contributed by atoms with Gasteiger partial charge in [0.15, 0.2) is 5.82 Å². The maximum absolute atomic E-state index is 4.71. The van der Waals surface area contributed by atoms with Gasteiger partial charge in [-0.2, -0.15) is 0 Å². The first-order valence-electron chi connectivity index (χ1n) is 6.33. The number of alkyl halides is 1. The van der Waals surface area contributed by atoms with Crippen molar-refractivity contribution in [2.24, 2.45) is 0 Å². The molecule has 4 heteroatoms. The molecule has 1 aromatic carbocycles. The molecule has 0 spiro atoms. The zero-order valence-electron chi connectivity index (χ0n) is 11.2. The summed E-state index contributed by atoms with van der Waals surface area (Å²) in [5.74, 6) is 0.820. The van der Waals surface area contributed by atoms with E-state index in [4.69, 9.17) is 4.98 Å². The highest BCUT2D eigenvalue weighted by Crippen LogP contribution is 2.22. The Morgan fingerprint density at radius 3 is 2.53 bits per heavy atom. The van der Waals surface area contributed by atoms with Gasteiger partial charge in [0.25, 0.3) is 0 Å². The van der Waals surface area contributed by atoms with Crippen LogP contribution in [-0.2, 0) is 11.8 Å². The van der Waals surface area contributed by atoms with Gasteiger partial charge in [-0.15, -0.1) is 11.8 Å². The predicted octanol–water partition coefficient (Wildman–Crippen LogP) is 4.71. The molecule has 0 aliphatic carbocycles. The molecular weight excluding hydrogens is 320 g/mol. The van der Waals surface area contributed by atoms with E-state index >= 15 is 0 Å². The fourth-order valence-electron chi connectivity index (χ4n) is 1.89. The smallest absolute Gasteiger partial charge is 0.159 e. The third kappa shape index (κ3) is 3.57. The normalized spacial score (nSPS) is 10.7. The summed E-state index contributed by atoms with van der Waals surface area (Å²) in [5, 5.41) is 0.814. The standard InChI is InChI=1S/C15H17BrN2S/c1-3-4-14-12(9-16)10-17-15(18-14)11-5-7-13(19-2)8-6-11/h5-8,10H,3-4,9H2,1-2H3. The lowest BCUT2D eigenvalue weighted by molar-refractivity contribution is 0.860. The number of halogens is 1. The van der Waals surface area contributed by atoms with Crippen molar-refractivity contribution in [3.63, 3.8) is 0 Å². The Kier molecular flexibility index (Phi) is 5.40. The molecule has 2 aromatic rings. The Morgan fingerprint density at radius 2 is 1.95 bits per heavy atom. The van der Waals surface area contributed by atoms with Crippen LogP contribution in [0.5, 0.6) is 0 Å². The molecule has 1 heterocycles. The molecule has 100 valence electrons. The van der Waals surface area contributed by atoms with E-state index in [9.17, 15) is 0 Å². The summed E-state index contributed by atoms with van der Waals surface area (Å²) < 4.78 is 0. The Hall–Kier alpha value is -0.870. The SMILES string of the molecule is CCCc1nc(-c2ccc(SC)cc2)ncc1CBr. The molecule has 0 saturated heterocycles. The Labute approximate surface area is 127 Å². The van der Waals surface area contributed by atoms with Crippen LogP contribution < -0.4 is 0 Å². The van der Waals surface area contributed by atoms with Gasteiger partial charge in [0, 0.05) is 33.2 Å². The molecular formula is C15H17BrN2S. The van der Waals surface area contributed by atoms with E-state index in [-0.39, 0.29) is 0 Å². The van der Waals surface area contributed by atoms with Gasteiger partial charge in [-0.25, -0.2) is 9.97 Å². The minimum absolute atomic E-state index is 0.814. The number of thioether (sulfide) groups is 1. The van der Waals surface area contributed by atoms with Crippen molar-refractivity contribution in [1.82, 2.24) is 9.97 Å². The average molecular weight is 337 g/mol. The van der Waals surface area contributed by atoms with Crippen molar-refractivity contribution in [3.8, 4) is 11.4 Å². The third-order valence-electron chi connectivity index (χ3n) is 2.93. The van der Waals surface area contributed by atoms with E-state index in [1.54, 1.807) is 11.8 Å². The lowest BCUT2D eigenvalue weighted by atomic mass is 10.1. The van der Waals surface area contributed by atoms with Gasteiger partial charge in [0.1, 0.15) is 0 Å². The van der Waals surface area contributed by atoms with Crippen LogP contribution in [0.3, 0.4) is 0 Å². The van der Waals surface area contributed by atoms with Crippen molar-refractivity contribution in [3.05, 3.63) is 41.7 Å². The molecule has 0 fully saturated rings. The van der Waals surface area contributed by atoms with Crippen molar-refractivity contribution in [2.75, 3.05) is 6.26 Å². The molecule has 0 amide bonds. The first-order chi connectivity index (χ1) is 9.28. The van der Waals surface area contributed by atoms with E-state index in [0.717, 1.165) is 35.3 Å². The third-order valence-corrected chi connectivity index (χ3v) is 4.28. The molecule has 2 nitrogen and oxygen atoms in total. The highest BCUT2D eigenvalue weighted by atomic mass is 79.9. The second-order valence-corrected chi connectivity index (χ2v) is 5.72. The minimum Gasteiger partial charge on any atom is -0.236 e. The number of hydrogen-bond donors (Lipinski definition) is 0. The van der Waals surface area contributed by atoms with Gasteiger partial charge in [-0.3, -0.25) is 0 Å². The summed E-state index contributed by atoms with van der Waals surface area (Å²) in [6.45, 7) is 2.17. The summed E-state index contributed by atoms with van der Waals surface area (Å²) in [4.78, 5) is 10.4. The first kappa shape index (κ1) is 14.5. The largest absolute Gasteiger partial charge is 0.236 e. The van der Waals surface area contributed by atoms with Gasteiger partial charge in [-0.1, -0.05) is 41.4 Å². The van der Waals surface area contributed by atoms with Crippen LogP contribution in [0.4, 0.5) is 0 Å². The number of aryl methyl sites for hydroxylation is 1. The highest BCUT2D eigenvalue weighted by Gasteiger charge is 2.07. The lowest BCUT2D eigenvalue weighted by Gasteiger charge is -2.08. The van der Waals surface area contributed by atoms with Gasteiger partial charge < -0.3 is 0 Å². The van der Waals surface area contributed by atoms with Crippen LogP contribution in [0.15, 0.2) is 35.4 Å². The summed E-state index contributed by atoms with van der Waals surface area (Å²) in [6.07, 6.45) is 6.11. The summed E-state index contributed by atoms with van der Waals surface area (Å²) in [6, 6.07) is 8.40. The number of rotatable bonds is 5. The van der Waals surface area contributed by atoms with Crippen LogP contribution in [0, 0.1) is 0 Å². The highest BCUT2D eigenvalue weighted by molar-refractivity contribution is 9.08. The zero-order chi connectivity index (χ0) is 13.7. The van der Waals surface area contributed by atoms with Gasteiger partial charge >= 0.3 is 0 Å². The van der Waals surface area contributed by atoms with Gasteiger partial charge in [-0.05, 0) is 24.8 Å². The second-order valence-electron chi connectivity index (χ2n) is 4.28. The van der Waals surface area contributed by atoms with E-state index in [1.807, 2.05) is 6.20 Å². The molecule has 0 radical (unpaired) electrons. The van der Waals surface area contributed by atoms with Crippen LogP contribution in [0.1, 0.15) is 24.6 Å². The monoisotopic (exact) mass is 336 g/mol. The predicted molar refractivity (Wildman–Crippen MR) is 85.9 cm³/mol. The Bertz CT molecular complexity index is 540. The van der Waals surface area contributed by atoms with Crippen molar-refractivity contribution >= 4 is 27.7 Å². The zero-order valence-corrected chi connectivity index (χ0v) is 13.6. The van der Waals surface area contributed by atoms with Crippen molar-refractivity contribution in [1.29, 1.82) is 0 Å². The molecule has 0 aliphatic rings. The van der Waals surface area contributed by atoms with E-state index in [2.05, 4.69) is 58.4 Å². The summed E-state index contributed by atoms with van der Waals surface area (Å²) in [7, 11) is 0. The molecule has 0 N–H and O–H groups in total. The van der Waals surface area contributed by atoms with Crippen LogP contribution in [0.2, 0.25) is 0 Å². The molecule has 0 aliphatic heterocycles. The van der Waals surface area contributed by atoms with Crippen LogP contribution >= 0.6 is 27.7 Å². The van der Waals surface area contributed by atoms with E-state index < -0.39 is 0 Å². The molecule has 0 bridgehead atoms. The van der Waals surface area contributed by atoms with Gasteiger partial charge in [0.05, 0.1) is 0 Å². The average Bonchev–Trinajstić information content (AvgIpc) is 2.47. The van der Waals surface area contributed by atoms with Crippen molar-refractivity contribution in [2.45, 2.75) is 30.0 Å². The summed E-state index contributed by atoms with van der Waals surface area (Å²) in [5.41, 5.74) is 3.42. The maximum atomic E-state index is 4.71. The minimum atomic E-state index is 0.814. The van der Waals surface area contributed by atoms with Crippen LogP contribution in [0.25, 0.3) is 11.4 Å².